The predicted molar refractivity (Wildman–Crippen MR) is 150 cm³/mol. The number of benzene rings is 4. The second-order valence-corrected chi connectivity index (χ2v) is 10.6. The van der Waals surface area contributed by atoms with E-state index in [1.165, 1.54) is 4.90 Å². The molecule has 0 radical (unpaired) electrons. The Morgan fingerprint density at radius 1 is 0.829 bits per heavy atom. The molecule has 2 atom stereocenters. The summed E-state index contributed by atoms with van der Waals surface area (Å²) in [5.74, 6) is -1.45. The first kappa shape index (κ1) is 23.6. The van der Waals surface area contributed by atoms with Gasteiger partial charge in [0.05, 0.1) is 22.9 Å². The second kappa shape index (κ2) is 8.63. The van der Waals surface area contributed by atoms with Gasteiger partial charge in [-0.3, -0.25) is 14.4 Å². The standard InChI is InChI=1S/C33H23N3O5/c37-30(19-14-15-25-26(16-19)41-18-40-25)35-34-17-33-23-12-6-4-10-21(23)27(22-11-5-7-13-24(22)33)28-29(33)32(39)36(31(28)38)20-8-2-1-3-9-20/h1-17,27-29H,18H2,(H,35,37)/b34-17+/t27?,28-,29-,33?/m1/s1. The van der Waals surface area contributed by atoms with Crippen LogP contribution in [-0.2, 0) is 15.0 Å². The third-order valence-corrected chi connectivity index (χ3v) is 8.77. The number of para-hydroxylation sites is 1. The van der Waals surface area contributed by atoms with Gasteiger partial charge >= 0.3 is 0 Å². The molecule has 1 saturated heterocycles. The Morgan fingerprint density at radius 2 is 1.49 bits per heavy atom. The van der Waals surface area contributed by atoms with Crippen molar-refractivity contribution in [1.29, 1.82) is 0 Å². The van der Waals surface area contributed by atoms with Gasteiger partial charge < -0.3 is 9.47 Å². The highest BCUT2D eigenvalue weighted by atomic mass is 16.7. The fourth-order valence-electron chi connectivity index (χ4n) is 7.18. The summed E-state index contributed by atoms with van der Waals surface area (Å²) in [6, 6.07) is 29.8. The first-order chi connectivity index (χ1) is 20.1. The van der Waals surface area contributed by atoms with Crippen LogP contribution in [0.2, 0.25) is 0 Å². The third kappa shape index (κ3) is 3.15. The van der Waals surface area contributed by atoms with E-state index in [-0.39, 0.29) is 24.5 Å². The molecule has 0 unspecified atom stereocenters. The van der Waals surface area contributed by atoms with Gasteiger partial charge in [0.1, 0.15) is 0 Å². The number of ether oxygens (including phenoxy) is 2. The average molecular weight is 542 g/mol. The first-order valence-electron chi connectivity index (χ1n) is 13.5. The zero-order valence-corrected chi connectivity index (χ0v) is 21.7. The molecule has 3 amide bonds. The van der Waals surface area contributed by atoms with E-state index in [9.17, 15) is 14.4 Å². The van der Waals surface area contributed by atoms with Gasteiger partial charge in [0.25, 0.3) is 5.91 Å². The minimum Gasteiger partial charge on any atom is -0.454 e. The molecule has 3 aliphatic carbocycles. The number of fused-ring (bicyclic) bond motifs is 1. The van der Waals surface area contributed by atoms with Gasteiger partial charge in [-0.1, -0.05) is 66.7 Å². The number of hydrazone groups is 1. The van der Waals surface area contributed by atoms with Crippen LogP contribution in [0.15, 0.2) is 102 Å². The zero-order valence-electron chi connectivity index (χ0n) is 21.7. The number of carbonyl (C=O) groups excluding carboxylic acids is 3. The predicted octanol–water partition coefficient (Wildman–Crippen LogP) is 4.38. The van der Waals surface area contributed by atoms with E-state index >= 15 is 0 Å². The molecule has 8 nitrogen and oxygen atoms in total. The molecule has 1 N–H and O–H groups in total. The van der Waals surface area contributed by atoms with Crippen LogP contribution >= 0.6 is 0 Å². The number of nitrogens with zero attached hydrogens (tertiary/aromatic N) is 2. The Bertz CT molecular complexity index is 1750. The van der Waals surface area contributed by atoms with Crippen molar-refractivity contribution < 1.29 is 23.9 Å². The molecule has 4 aromatic rings. The van der Waals surface area contributed by atoms with Crippen LogP contribution in [0.25, 0.3) is 0 Å². The van der Waals surface area contributed by atoms with Crippen molar-refractivity contribution in [2.45, 2.75) is 11.3 Å². The fraction of sp³-hybridized carbons (Fsp3) is 0.152. The lowest BCUT2D eigenvalue weighted by Gasteiger charge is -2.52. The van der Waals surface area contributed by atoms with E-state index in [1.54, 1.807) is 36.5 Å². The summed E-state index contributed by atoms with van der Waals surface area (Å²) >= 11 is 0. The lowest BCUT2D eigenvalue weighted by molar-refractivity contribution is -0.122. The van der Waals surface area contributed by atoms with E-state index < -0.39 is 23.2 Å². The van der Waals surface area contributed by atoms with Crippen molar-refractivity contribution in [1.82, 2.24) is 5.43 Å². The highest BCUT2D eigenvalue weighted by Crippen LogP contribution is 2.63. The molecule has 8 heteroatoms. The van der Waals surface area contributed by atoms with Crippen molar-refractivity contribution in [2.75, 3.05) is 11.7 Å². The van der Waals surface area contributed by atoms with Crippen molar-refractivity contribution in [3.05, 3.63) is 125 Å². The number of rotatable bonds is 4. The van der Waals surface area contributed by atoms with E-state index in [2.05, 4.69) is 10.5 Å². The quantitative estimate of drug-likeness (QED) is 0.235. The Labute approximate surface area is 235 Å². The van der Waals surface area contributed by atoms with Gasteiger partial charge in [0.2, 0.25) is 18.6 Å². The normalized spacial score (nSPS) is 24.8. The molecule has 0 saturated carbocycles. The van der Waals surface area contributed by atoms with Gasteiger partial charge in [-0.2, -0.15) is 5.10 Å². The number of amides is 3. The third-order valence-electron chi connectivity index (χ3n) is 8.77. The zero-order chi connectivity index (χ0) is 27.7. The molecular formula is C33H23N3O5. The molecule has 0 aromatic heterocycles. The number of hydrogen-bond acceptors (Lipinski definition) is 6. The summed E-state index contributed by atoms with van der Waals surface area (Å²) in [6.07, 6.45) is 1.66. The minimum atomic E-state index is -1.06. The van der Waals surface area contributed by atoms with Gasteiger partial charge in [-0.05, 0) is 52.6 Å². The monoisotopic (exact) mass is 541 g/mol. The van der Waals surface area contributed by atoms with Crippen LogP contribution in [0.3, 0.4) is 0 Å². The van der Waals surface area contributed by atoms with Crippen molar-refractivity contribution in [2.24, 2.45) is 16.9 Å². The Hall–Kier alpha value is -5.24. The number of carbonyl (C=O) groups is 3. The average Bonchev–Trinajstić information content (AvgIpc) is 3.59. The van der Waals surface area contributed by atoms with Crippen molar-refractivity contribution >= 4 is 29.6 Å². The molecule has 4 aromatic carbocycles. The summed E-state index contributed by atoms with van der Waals surface area (Å²) in [7, 11) is 0. The lowest BCUT2D eigenvalue weighted by atomic mass is 9.47. The first-order valence-corrected chi connectivity index (χ1v) is 13.5. The molecule has 0 spiro atoms. The van der Waals surface area contributed by atoms with Crippen LogP contribution in [-0.4, -0.2) is 30.7 Å². The Kier molecular flexibility index (Phi) is 4.97. The van der Waals surface area contributed by atoms with Crippen LogP contribution in [0.1, 0.15) is 38.5 Å². The van der Waals surface area contributed by atoms with Crippen molar-refractivity contribution in [3.63, 3.8) is 0 Å². The number of anilines is 1. The summed E-state index contributed by atoms with van der Waals surface area (Å²) in [5.41, 5.74) is 6.32. The summed E-state index contributed by atoms with van der Waals surface area (Å²) in [4.78, 5) is 42.9. The maximum Gasteiger partial charge on any atom is 0.271 e. The summed E-state index contributed by atoms with van der Waals surface area (Å²) in [6.45, 7) is 0.107. The van der Waals surface area contributed by atoms with Crippen LogP contribution in [0, 0.1) is 11.8 Å². The number of imide groups is 1. The van der Waals surface area contributed by atoms with Gasteiger partial charge in [-0.25, -0.2) is 10.3 Å². The van der Waals surface area contributed by atoms with E-state index in [0.717, 1.165) is 22.3 Å². The maximum atomic E-state index is 14.3. The smallest absolute Gasteiger partial charge is 0.271 e. The highest BCUT2D eigenvalue weighted by Gasteiger charge is 2.68. The van der Waals surface area contributed by atoms with Crippen molar-refractivity contribution in [3.8, 4) is 11.5 Å². The minimum absolute atomic E-state index is 0.107. The molecule has 9 rings (SSSR count). The van der Waals surface area contributed by atoms with Crippen LogP contribution in [0.4, 0.5) is 5.69 Å². The molecule has 1 fully saturated rings. The molecule has 5 aliphatic rings. The fourth-order valence-corrected chi connectivity index (χ4v) is 7.18. The summed E-state index contributed by atoms with van der Waals surface area (Å²) in [5, 5.41) is 4.47. The van der Waals surface area contributed by atoms with E-state index in [1.807, 2.05) is 66.7 Å². The number of hydrogen-bond donors (Lipinski definition) is 1. The Balaban J connectivity index is 1.27. The topological polar surface area (TPSA) is 97.3 Å². The van der Waals surface area contributed by atoms with Gasteiger partial charge in [0.15, 0.2) is 11.5 Å². The highest BCUT2D eigenvalue weighted by molar-refractivity contribution is 6.25. The molecule has 2 bridgehead atoms. The van der Waals surface area contributed by atoms with Gasteiger partial charge in [0, 0.05) is 17.7 Å². The number of nitrogens with one attached hydrogen (secondary N) is 1. The van der Waals surface area contributed by atoms with E-state index in [0.29, 0.717) is 22.7 Å². The SMILES string of the molecule is O=C(N/N=C/C12c3ccccc3C(c3ccccc31)[C@H]1C(=O)N(c3ccccc3)C(=O)[C@@H]12)c1ccc2c(c1)OCO2. The largest absolute Gasteiger partial charge is 0.454 e. The summed E-state index contributed by atoms with van der Waals surface area (Å²) < 4.78 is 10.8. The molecule has 200 valence electrons. The Morgan fingerprint density at radius 3 is 2.22 bits per heavy atom. The maximum absolute atomic E-state index is 14.3. The molecular weight excluding hydrogens is 518 g/mol. The lowest BCUT2D eigenvalue weighted by Crippen LogP contribution is -2.54. The van der Waals surface area contributed by atoms with Crippen LogP contribution in [0.5, 0.6) is 11.5 Å². The van der Waals surface area contributed by atoms with E-state index in [4.69, 9.17) is 9.47 Å². The molecule has 2 heterocycles. The van der Waals surface area contributed by atoms with Crippen LogP contribution < -0.4 is 19.8 Å². The molecule has 41 heavy (non-hydrogen) atoms. The van der Waals surface area contributed by atoms with Gasteiger partial charge in [-0.15, -0.1) is 0 Å². The second-order valence-electron chi connectivity index (χ2n) is 10.6. The molecule has 2 aliphatic heterocycles.